The van der Waals surface area contributed by atoms with Crippen LogP contribution in [0.3, 0.4) is 0 Å². The number of carbonyl (C=O) groups excluding carboxylic acids is 2. The molecule has 0 rings (SSSR count). The summed E-state index contributed by atoms with van der Waals surface area (Å²) in [4.78, 5) is 34.9. The van der Waals surface area contributed by atoms with Crippen LogP contribution in [0.25, 0.3) is 0 Å². The predicted octanol–water partition coefficient (Wildman–Crippen LogP) is 12.3. The lowest BCUT2D eigenvalue weighted by atomic mass is 10.1. The third-order valence-electron chi connectivity index (χ3n) is 8.94. The maximum Gasteiger partial charge on any atom is 0.472 e. The summed E-state index contributed by atoms with van der Waals surface area (Å²) in [7, 11) is -4.38. The van der Waals surface area contributed by atoms with E-state index in [0.717, 1.165) is 70.6 Å². The van der Waals surface area contributed by atoms with Gasteiger partial charge in [0.05, 0.1) is 13.2 Å². The third kappa shape index (κ3) is 39.7. The Morgan fingerprint density at radius 1 is 0.556 bits per heavy atom. The number of carbonyl (C=O) groups is 2. The van der Waals surface area contributed by atoms with Gasteiger partial charge in [0.1, 0.15) is 6.61 Å². The molecule has 0 aliphatic heterocycles. The highest BCUT2D eigenvalue weighted by Crippen LogP contribution is 2.43. The second-order valence-electron chi connectivity index (χ2n) is 14.2. The summed E-state index contributed by atoms with van der Waals surface area (Å²) in [5.74, 6) is -0.855. The maximum atomic E-state index is 12.6. The largest absolute Gasteiger partial charge is 0.472 e. The van der Waals surface area contributed by atoms with E-state index >= 15 is 0 Å². The Labute approximate surface area is 330 Å². The number of nitrogens with two attached hydrogens (primary N) is 1. The van der Waals surface area contributed by atoms with Crippen LogP contribution in [0.1, 0.15) is 187 Å². The Kier molecular flexibility index (Phi) is 39.1. The molecule has 0 saturated heterocycles. The fourth-order valence-corrected chi connectivity index (χ4v) is 6.46. The second kappa shape index (κ2) is 40.6. The number of unbranched alkanes of at least 4 members (excludes halogenated alkanes) is 19. The molecule has 0 spiro atoms. The molecular weight excluding hydrogens is 701 g/mol. The number of rotatable bonds is 40. The van der Waals surface area contributed by atoms with E-state index in [4.69, 9.17) is 24.3 Å². The summed E-state index contributed by atoms with van der Waals surface area (Å²) in [6.45, 7) is 3.66. The first-order chi connectivity index (χ1) is 26.3. The molecule has 0 aliphatic rings. The van der Waals surface area contributed by atoms with Gasteiger partial charge in [-0.1, -0.05) is 146 Å². The van der Waals surface area contributed by atoms with Gasteiger partial charge >= 0.3 is 19.8 Å². The lowest BCUT2D eigenvalue weighted by Gasteiger charge is -2.19. The van der Waals surface area contributed by atoms with E-state index in [1.165, 1.54) is 77.0 Å². The number of ether oxygens (including phenoxy) is 2. The van der Waals surface area contributed by atoms with Crippen molar-refractivity contribution >= 4 is 19.8 Å². The number of hydrogen-bond acceptors (Lipinski definition) is 8. The van der Waals surface area contributed by atoms with Crippen molar-refractivity contribution in [3.8, 4) is 0 Å². The average molecular weight is 782 g/mol. The van der Waals surface area contributed by atoms with Crippen LogP contribution < -0.4 is 5.73 Å². The van der Waals surface area contributed by atoms with Crippen LogP contribution in [0.15, 0.2) is 48.6 Å². The minimum absolute atomic E-state index is 0.0485. The van der Waals surface area contributed by atoms with Gasteiger partial charge in [-0.3, -0.25) is 18.6 Å². The molecule has 3 N–H and O–H groups in total. The normalized spacial score (nSPS) is 13.8. The van der Waals surface area contributed by atoms with Gasteiger partial charge in [-0.05, 0) is 77.0 Å². The molecule has 9 nitrogen and oxygen atoms in total. The lowest BCUT2D eigenvalue weighted by Crippen LogP contribution is -2.29. The van der Waals surface area contributed by atoms with E-state index in [-0.39, 0.29) is 32.6 Å². The van der Waals surface area contributed by atoms with E-state index < -0.39 is 32.5 Å². The first kappa shape index (κ1) is 52.0. The number of esters is 2. The molecule has 2 atom stereocenters. The second-order valence-corrected chi connectivity index (χ2v) is 15.7. The van der Waals surface area contributed by atoms with E-state index in [1.807, 2.05) is 0 Å². The van der Waals surface area contributed by atoms with Crippen LogP contribution in [0.2, 0.25) is 0 Å². The number of hydrogen-bond donors (Lipinski definition) is 2. The van der Waals surface area contributed by atoms with Crippen LogP contribution in [0.5, 0.6) is 0 Å². The highest BCUT2D eigenvalue weighted by molar-refractivity contribution is 7.47. The van der Waals surface area contributed by atoms with Crippen LogP contribution in [-0.4, -0.2) is 49.3 Å². The molecule has 0 heterocycles. The van der Waals surface area contributed by atoms with Crippen LogP contribution in [-0.2, 0) is 32.7 Å². The Hall–Kier alpha value is -2.03. The van der Waals surface area contributed by atoms with E-state index in [1.54, 1.807) is 0 Å². The van der Waals surface area contributed by atoms with Crippen LogP contribution >= 0.6 is 7.82 Å². The average Bonchev–Trinajstić information content (AvgIpc) is 3.16. The molecule has 0 fully saturated rings. The minimum Gasteiger partial charge on any atom is -0.462 e. The number of allylic oxidation sites excluding steroid dienone is 8. The monoisotopic (exact) mass is 782 g/mol. The van der Waals surface area contributed by atoms with Crippen molar-refractivity contribution in [2.24, 2.45) is 5.73 Å². The molecule has 2 unspecified atom stereocenters. The van der Waals surface area contributed by atoms with E-state index in [0.29, 0.717) is 12.8 Å². The van der Waals surface area contributed by atoms with Crippen molar-refractivity contribution in [3.63, 3.8) is 0 Å². The Morgan fingerprint density at radius 2 is 0.963 bits per heavy atom. The van der Waals surface area contributed by atoms with Gasteiger partial charge in [0, 0.05) is 19.4 Å². The zero-order valence-corrected chi connectivity index (χ0v) is 35.3. The molecule has 0 bridgehead atoms. The van der Waals surface area contributed by atoms with Crippen molar-refractivity contribution in [3.05, 3.63) is 48.6 Å². The summed E-state index contributed by atoms with van der Waals surface area (Å²) >= 11 is 0. The zero-order chi connectivity index (χ0) is 39.6. The van der Waals surface area contributed by atoms with Crippen molar-refractivity contribution in [2.75, 3.05) is 26.4 Å². The summed E-state index contributed by atoms with van der Waals surface area (Å²) < 4.78 is 32.8. The molecular formula is C44H80NO8P. The van der Waals surface area contributed by atoms with Gasteiger partial charge < -0.3 is 20.1 Å². The summed E-state index contributed by atoms with van der Waals surface area (Å²) in [5.41, 5.74) is 5.34. The Bertz CT molecular complexity index is 1030. The van der Waals surface area contributed by atoms with E-state index in [9.17, 15) is 19.0 Å². The summed E-state index contributed by atoms with van der Waals surface area (Å²) in [5, 5.41) is 0. The molecule has 0 aliphatic carbocycles. The maximum absolute atomic E-state index is 12.6. The first-order valence-electron chi connectivity index (χ1n) is 21.6. The molecule has 0 aromatic carbocycles. The molecule has 314 valence electrons. The highest BCUT2D eigenvalue weighted by atomic mass is 31.2. The molecule has 10 heteroatoms. The van der Waals surface area contributed by atoms with Gasteiger partial charge in [-0.25, -0.2) is 4.57 Å². The topological polar surface area (TPSA) is 134 Å². The van der Waals surface area contributed by atoms with Crippen molar-refractivity contribution in [1.82, 2.24) is 0 Å². The fourth-order valence-electron chi connectivity index (χ4n) is 5.69. The van der Waals surface area contributed by atoms with Crippen molar-refractivity contribution < 1.29 is 37.6 Å². The van der Waals surface area contributed by atoms with Gasteiger partial charge in [0.2, 0.25) is 0 Å². The molecule has 0 aromatic heterocycles. The lowest BCUT2D eigenvalue weighted by molar-refractivity contribution is -0.161. The predicted molar refractivity (Wildman–Crippen MR) is 224 cm³/mol. The SMILES string of the molecule is CCCCC/C=C\C/C=C\CCCCCCCC(=O)OCC(COP(=O)(O)OCCN)OC(=O)CCCCCCCCC/C=C\C/C=C\CCCCCC. The van der Waals surface area contributed by atoms with Gasteiger partial charge in [-0.15, -0.1) is 0 Å². The summed E-state index contributed by atoms with van der Waals surface area (Å²) in [6, 6.07) is 0. The zero-order valence-electron chi connectivity index (χ0n) is 34.4. The molecule has 0 amide bonds. The molecule has 0 radical (unpaired) electrons. The van der Waals surface area contributed by atoms with Gasteiger partial charge in [0.15, 0.2) is 6.10 Å². The molecule has 0 saturated carbocycles. The van der Waals surface area contributed by atoms with Gasteiger partial charge in [0.25, 0.3) is 0 Å². The fraction of sp³-hybridized carbons (Fsp3) is 0.773. The smallest absolute Gasteiger partial charge is 0.462 e. The minimum atomic E-state index is -4.38. The quantitative estimate of drug-likeness (QED) is 0.0269. The first-order valence-corrected chi connectivity index (χ1v) is 23.1. The Balaban J connectivity index is 4.20. The standard InChI is InChI=1S/C44H80NO8P/c1-3-5-7-9-11-13-15-17-19-20-21-23-25-27-29-31-33-35-37-44(47)53-42(41-52-54(48,49)51-39-38-45)40-50-43(46)36-34-32-30-28-26-24-22-18-16-14-12-10-8-6-4-2/h12-15,18-20,22,42H,3-11,16-17,21,23-41,45H2,1-2H3,(H,48,49)/b14-12-,15-13-,20-19-,22-18-. The van der Waals surface area contributed by atoms with Crippen LogP contribution in [0.4, 0.5) is 0 Å². The van der Waals surface area contributed by atoms with E-state index in [2.05, 4.69) is 62.5 Å². The van der Waals surface area contributed by atoms with Crippen molar-refractivity contribution in [1.29, 1.82) is 0 Å². The third-order valence-corrected chi connectivity index (χ3v) is 9.92. The van der Waals surface area contributed by atoms with Gasteiger partial charge in [-0.2, -0.15) is 0 Å². The van der Waals surface area contributed by atoms with Crippen LogP contribution in [0, 0.1) is 0 Å². The molecule has 0 aromatic rings. The van der Waals surface area contributed by atoms with Crippen molar-refractivity contribution in [2.45, 2.75) is 193 Å². The summed E-state index contributed by atoms with van der Waals surface area (Å²) in [6.07, 6.45) is 45.6. The number of phosphoric acid groups is 1. The molecule has 54 heavy (non-hydrogen) atoms. The number of phosphoric ester groups is 1. The Morgan fingerprint density at radius 3 is 1.44 bits per heavy atom. The highest BCUT2D eigenvalue weighted by Gasteiger charge is 2.26.